The van der Waals surface area contributed by atoms with E-state index in [0.717, 1.165) is 28.2 Å². The molecule has 0 aliphatic carbocycles. The molecule has 0 saturated heterocycles. The maximum absolute atomic E-state index is 12.3. The molecule has 0 bridgehead atoms. The highest BCUT2D eigenvalue weighted by Gasteiger charge is 2.27. The molecule has 0 spiro atoms. The Labute approximate surface area is 124 Å². The zero-order chi connectivity index (χ0) is 15.0. The van der Waals surface area contributed by atoms with Gasteiger partial charge in [0.25, 0.3) is 0 Å². The van der Waals surface area contributed by atoms with Crippen molar-refractivity contribution in [1.29, 1.82) is 0 Å². The van der Waals surface area contributed by atoms with Gasteiger partial charge < -0.3 is 9.47 Å². The van der Waals surface area contributed by atoms with Crippen molar-refractivity contribution < 1.29 is 4.79 Å². The molecule has 2 heterocycles. The quantitative estimate of drug-likeness (QED) is 0.833. The van der Waals surface area contributed by atoms with Crippen LogP contribution >= 0.6 is 0 Å². The molecule has 0 unspecified atom stereocenters. The first-order chi connectivity index (χ1) is 10.1. The van der Waals surface area contributed by atoms with Crippen LogP contribution in [0.2, 0.25) is 0 Å². The van der Waals surface area contributed by atoms with Gasteiger partial charge in [0.1, 0.15) is 6.54 Å². The Kier molecular flexibility index (Phi) is 3.37. The molecule has 1 amide bonds. The highest BCUT2D eigenvalue weighted by atomic mass is 16.2. The molecule has 1 aromatic carbocycles. The Morgan fingerprint density at radius 1 is 1.24 bits per heavy atom. The molecule has 4 nitrogen and oxygen atoms in total. The average molecular weight is 281 g/mol. The minimum Gasteiger partial charge on any atom is -0.352 e. The number of likely N-dealkylation sites (N-methyl/N-ethyl adjacent to an activating group) is 1. The fourth-order valence-corrected chi connectivity index (χ4v) is 2.83. The van der Waals surface area contributed by atoms with E-state index >= 15 is 0 Å². The molecular weight excluding hydrogens is 262 g/mol. The second-order valence-corrected chi connectivity index (χ2v) is 5.25. The molecule has 4 heteroatoms. The summed E-state index contributed by atoms with van der Waals surface area (Å²) in [5.41, 5.74) is 5.12. The summed E-state index contributed by atoms with van der Waals surface area (Å²) in [5, 5.41) is 0. The van der Waals surface area contributed by atoms with Crippen LogP contribution in [-0.2, 0) is 11.8 Å². The second-order valence-electron chi connectivity index (χ2n) is 5.25. The van der Waals surface area contributed by atoms with E-state index in [-0.39, 0.29) is 12.5 Å². The number of fused-ring (bicyclic) bond motifs is 1. The van der Waals surface area contributed by atoms with Crippen molar-refractivity contribution in [3.8, 4) is 0 Å². The van der Waals surface area contributed by atoms with Crippen molar-refractivity contribution in [3.05, 3.63) is 53.3 Å². The third kappa shape index (κ3) is 2.17. The maximum Gasteiger partial charge on any atom is 0.248 e. The molecule has 1 aliphatic heterocycles. The van der Waals surface area contributed by atoms with E-state index in [9.17, 15) is 4.79 Å². The molecule has 2 aromatic rings. The van der Waals surface area contributed by atoms with Crippen LogP contribution in [0.5, 0.6) is 0 Å². The van der Waals surface area contributed by atoms with Crippen LogP contribution in [0.3, 0.4) is 0 Å². The first-order valence-corrected chi connectivity index (χ1v) is 7.20. The molecule has 1 aromatic heterocycles. The van der Waals surface area contributed by atoms with Crippen molar-refractivity contribution in [2.24, 2.45) is 12.0 Å². The minimum absolute atomic E-state index is 0.0512. The fraction of sp³-hybridized carbons (Fsp3) is 0.294. The molecule has 0 N–H and O–H groups in total. The summed E-state index contributed by atoms with van der Waals surface area (Å²) in [5.74, 6) is 0.0512. The monoisotopic (exact) mass is 281 g/mol. The smallest absolute Gasteiger partial charge is 0.248 e. The van der Waals surface area contributed by atoms with Crippen LogP contribution in [0.1, 0.15) is 23.7 Å². The Bertz CT molecular complexity index is 713. The summed E-state index contributed by atoms with van der Waals surface area (Å²) in [6, 6.07) is 10.1. The van der Waals surface area contributed by atoms with E-state index in [1.54, 1.807) is 0 Å². The molecular formula is C17H19N3O. The molecule has 3 rings (SSSR count). The minimum atomic E-state index is 0.0512. The molecule has 0 fully saturated rings. The number of aromatic nitrogens is 1. The van der Waals surface area contributed by atoms with E-state index in [1.165, 1.54) is 0 Å². The van der Waals surface area contributed by atoms with Crippen LogP contribution in [-0.4, -0.2) is 29.3 Å². The normalized spacial score (nSPS) is 14.7. The van der Waals surface area contributed by atoms with E-state index in [0.29, 0.717) is 6.54 Å². The number of hydrogen-bond acceptors (Lipinski definition) is 2. The van der Waals surface area contributed by atoms with Gasteiger partial charge in [-0.15, -0.1) is 0 Å². The van der Waals surface area contributed by atoms with Crippen molar-refractivity contribution in [2.45, 2.75) is 13.8 Å². The van der Waals surface area contributed by atoms with Gasteiger partial charge in [0.15, 0.2) is 0 Å². The number of rotatable bonds is 2. The predicted octanol–water partition coefficient (Wildman–Crippen LogP) is 2.54. The molecule has 0 atom stereocenters. The molecule has 21 heavy (non-hydrogen) atoms. The number of carbonyl (C=O) groups excluding carboxylic acids is 1. The van der Waals surface area contributed by atoms with Crippen LogP contribution in [0.4, 0.5) is 5.69 Å². The van der Waals surface area contributed by atoms with E-state index in [2.05, 4.69) is 16.5 Å². The van der Waals surface area contributed by atoms with Crippen molar-refractivity contribution in [1.82, 2.24) is 4.57 Å². The lowest BCUT2D eigenvalue weighted by Crippen LogP contribution is -2.31. The van der Waals surface area contributed by atoms with Gasteiger partial charge in [-0.3, -0.25) is 9.79 Å². The zero-order valence-electron chi connectivity index (χ0n) is 12.6. The Morgan fingerprint density at radius 2 is 1.95 bits per heavy atom. The lowest BCUT2D eigenvalue weighted by atomic mass is 10.0. The Hall–Kier alpha value is -2.36. The largest absolute Gasteiger partial charge is 0.352 e. The summed E-state index contributed by atoms with van der Waals surface area (Å²) < 4.78 is 2.06. The van der Waals surface area contributed by atoms with Crippen molar-refractivity contribution in [2.75, 3.05) is 18.0 Å². The van der Waals surface area contributed by atoms with Gasteiger partial charge in [-0.1, -0.05) is 30.3 Å². The summed E-state index contributed by atoms with van der Waals surface area (Å²) in [6.07, 6.45) is 2.02. The van der Waals surface area contributed by atoms with Crippen LogP contribution in [0.25, 0.3) is 0 Å². The van der Waals surface area contributed by atoms with E-state index in [1.807, 2.05) is 55.4 Å². The van der Waals surface area contributed by atoms with E-state index < -0.39 is 0 Å². The number of carbonyl (C=O) groups is 1. The third-order valence-corrected chi connectivity index (χ3v) is 4.03. The molecule has 0 radical (unpaired) electrons. The average Bonchev–Trinajstić information content (AvgIpc) is 2.70. The number of hydrogen-bond donors (Lipinski definition) is 0. The molecule has 108 valence electrons. The first kappa shape index (κ1) is 13.6. The van der Waals surface area contributed by atoms with Crippen LogP contribution < -0.4 is 4.90 Å². The lowest BCUT2D eigenvalue weighted by molar-refractivity contribution is -0.117. The van der Waals surface area contributed by atoms with Gasteiger partial charge in [0.2, 0.25) is 5.91 Å². The van der Waals surface area contributed by atoms with Gasteiger partial charge in [0.05, 0.1) is 11.4 Å². The number of anilines is 1. The number of aryl methyl sites for hydroxylation is 1. The summed E-state index contributed by atoms with van der Waals surface area (Å²) in [7, 11) is 2.00. The Morgan fingerprint density at radius 3 is 2.62 bits per heavy atom. The van der Waals surface area contributed by atoms with Crippen molar-refractivity contribution in [3.63, 3.8) is 0 Å². The third-order valence-electron chi connectivity index (χ3n) is 4.03. The van der Waals surface area contributed by atoms with E-state index in [4.69, 9.17) is 0 Å². The van der Waals surface area contributed by atoms with Gasteiger partial charge >= 0.3 is 0 Å². The molecule has 1 aliphatic rings. The highest BCUT2D eigenvalue weighted by Crippen LogP contribution is 2.30. The summed E-state index contributed by atoms with van der Waals surface area (Å²) in [4.78, 5) is 18.7. The number of amides is 1. The predicted molar refractivity (Wildman–Crippen MR) is 85.1 cm³/mol. The topological polar surface area (TPSA) is 37.6 Å². The van der Waals surface area contributed by atoms with Gasteiger partial charge in [0, 0.05) is 36.6 Å². The summed E-state index contributed by atoms with van der Waals surface area (Å²) >= 11 is 0. The van der Waals surface area contributed by atoms with Gasteiger partial charge in [-0.25, -0.2) is 0 Å². The second kappa shape index (κ2) is 5.20. The number of nitrogens with zero attached hydrogens (tertiary/aromatic N) is 3. The highest BCUT2D eigenvalue weighted by molar-refractivity contribution is 6.20. The first-order valence-electron chi connectivity index (χ1n) is 7.20. The molecule has 0 saturated carbocycles. The Balaban J connectivity index is 2.25. The van der Waals surface area contributed by atoms with Gasteiger partial charge in [-0.05, 0) is 13.8 Å². The lowest BCUT2D eigenvalue weighted by Gasteiger charge is -2.18. The fourth-order valence-electron chi connectivity index (χ4n) is 2.83. The van der Waals surface area contributed by atoms with Crippen LogP contribution in [0.15, 0.2) is 41.5 Å². The van der Waals surface area contributed by atoms with Gasteiger partial charge in [-0.2, -0.15) is 0 Å². The standard InChI is InChI=1S/C17H19N3O/c1-4-20-14-11-19(3)12(2)16(14)17(18-10-15(20)21)13-8-6-5-7-9-13/h5-9,11H,4,10H2,1-3H3. The maximum atomic E-state index is 12.3. The summed E-state index contributed by atoms with van der Waals surface area (Å²) in [6.45, 7) is 4.93. The van der Waals surface area contributed by atoms with Crippen molar-refractivity contribution >= 4 is 17.3 Å². The number of aliphatic imine (C=N–C) groups is 1. The van der Waals surface area contributed by atoms with Crippen LogP contribution in [0, 0.1) is 6.92 Å². The SMILES string of the molecule is CCN1C(=O)CN=C(c2ccccc2)c2c1cn(C)c2C. The zero-order valence-corrected chi connectivity index (χ0v) is 12.6. The number of benzene rings is 1.